The Morgan fingerprint density at radius 1 is 1.06 bits per heavy atom. The molecule has 0 aliphatic rings. The van der Waals surface area contributed by atoms with Crippen LogP contribution >= 0.6 is 11.8 Å². The van der Waals surface area contributed by atoms with Gasteiger partial charge in [-0.25, -0.2) is 0 Å². The van der Waals surface area contributed by atoms with E-state index in [2.05, 4.69) is 5.32 Å². The molecule has 0 aromatic heterocycles. The molecule has 178 valence electrons. The number of nitrogens with one attached hydrogen (secondary N) is 1. The summed E-state index contributed by atoms with van der Waals surface area (Å²) in [4.78, 5) is 38.3. The summed E-state index contributed by atoms with van der Waals surface area (Å²) in [6.45, 7) is 4.51. The SMILES string of the molecule is CCOC(=O)CN(Cc1ccc(C(F)(F)F)cc1)C(=O)C(C)Sc1ccc(NC(C)=O)cc1. The minimum absolute atomic E-state index is 0.0395. The monoisotopic (exact) mass is 482 g/mol. The highest BCUT2D eigenvalue weighted by Gasteiger charge is 2.30. The number of rotatable bonds is 9. The van der Waals surface area contributed by atoms with Crippen molar-refractivity contribution < 1.29 is 32.3 Å². The normalized spacial score (nSPS) is 12.1. The van der Waals surface area contributed by atoms with Gasteiger partial charge in [0, 0.05) is 24.1 Å². The van der Waals surface area contributed by atoms with E-state index in [4.69, 9.17) is 4.74 Å². The third-order valence-electron chi connectivity index (χ3n) is 4.43. The number of amides is 2. The summed E-state index contributed by atoms with van der Waals surface area (Å²) in [5.41, 5.74) is 0.288. The molecule has 2 aromatic rings. The minimum Gasteiger partial charge on any atom is -0.465 e. The highest BCUT2D eigenvalue weighted by molar-refractivity contribution is 8.00. The Bertz CT molecular complexity index is 963. The summed E-state index contributed by atoms with van der Waals surface area (Å²) < 4.78 is 43.4. The summed E-state index contributed by atoms with van der Waals surface area (Å²) in [5.74, 6) is -1.16. The summed E-state index contributed by atoms with van der Waals surface area (Å²) in [6.07, 6.45) is -4.46. The Morgan fingerprint density at radius 2 is 1.67 bits per heavy atom. The lowest BCUT2D eigenvalue weighted by Gasteiger charge is -2.25. The van der Waals surface area contributed by atoms with E-state index in [1.807, 2.05) is 0 Å². The highest BCUT2D eigenvalue weighted by atomic mass is 32.2. The summed E-state index contributed by atoms with van der Waals surface area (Å²) >= 11 is 1.26. The predicted octanol–water partition coefficient (Wildman–Crippen LogP) is 4.74. The second-order valence-corrected chi connectivity index (χ2v) is 8.57. The molecule has 0 radical (unpaired) electrons. The van der Waals surface area contributed by atoms with Gasteiger partial charge in [-0.3, -0.25) is 14.4 Å². The summed E-state index contributed by atoms with van der Waals surface area (Å²) in [7, 11) is 0. The van der Waals surface area contributed by atoms with Gasteiger partial charge in [0.15, 0.2) is 0 Å². The fourth-order valence-corrected chi connectivity index (χ4v) is 3.88. The number of benzene rings is 2. The van der Waals surface area contributed by atoms with Crippen LogP contribution in [-0.4, -0.2) is 41.1 Å². The summed E-state index contributed by atoms with van der Waals surface area (Å²) in [5, 5.41) is 2.07. The van der Waals surface area contributed by atoms with E-state index in [0.29, 0.717) is 11.3 Å². The number of hydrogen-bond donors (Lipinski definition) is 1. The van der Waals surface area contributed by atoms with E-state index in [1.165, 1.54) is 35.7 Å². The van der Waals surface area contributed by atoms with E-state index < -0.39 is 23.0 Å². The van der Waals surface area contributed by atoms with Crippen molar-refractivity contribution in [3.05, 3.63) is 59.7 Å². The number of nitrogens with zero attached hydrogens (tertiary/aromatic N) is 1. The van der Waals surface area contributed by atoms with Gasteiger partial charge in [0.05, 0.1) is 17.4 Å². The molecule has 6 nitrogen and oxygen atoms in total. The molecule has 0 aliphatic heterocycles. The van der Waals surface area contributed by atoms with Crippen LogP contribution in [0.2, 0.25) is 0 Å². The maximum atomic E-state index is 13.1. The third kappa shape index (κ3) is 8.45. The van der Waals surface area contributed by atoms with E-state index in [-0.39, 0.29) is 31.5 Å². The molecule has 0 saturated heterocycles. The van der Waals surface area contributed by atoms with E-state index in [9.17, 15) is 27.6 Å². The molecule has 0 saturated carbocycles. The second-order valence-electron chi connectivity index (χ2n) is 7.16. The van der Waals surface area contributed by atoms with Crippen molar-refractivity contribution in [3.8, 4) is 0 Å². The first-order valence-corrected chi connectivity index (χ1v) is 11.0. The van der Waals surface area contributed by atoms with Crippen molar-refractivity contribution in [1.29, 1.82) is 0 Å². The van der Waals surface area contributed by atoms with Crippen molar-refractivity contribution in [3.63, 3.8) is 0 Å². The quantitative estimate of drug-likeness (QED) is 0.413. The largest absolute Gasteiger partial charge is 0.465 e. The lowest BCUT2D eigenvalue weighted by molar-refractivity contribution is -0.149. The lowest BCUT2D eigenvalue weighted by Crippen LogP contribution is -2.40. The first-order chi connectivity index (χ1) is 15.5. The average Bonchev–Trinajstić information content (AvgIpc) is 2.73. The molecule has 1 atom stereocenters. The molecular weight excluding hydrogens is 457 g/mol. The number of carbonyl (C=O) groups is 3. The van der Waals surface area contributed by atoms with Crippen LogP contribution < -0.4 is 5.32 Å². The molecule has 0 spiro atoms. The molecule has 1 unspecified atom stereocenters. The van der Waals surface area contributed by atoms with Crippen LogP contribution in [0.15, 0.2) is 53.4 Å². The number of ether oxygens (including phenoxy) is 1. The Balaban J connectivity index is 2.13. The number of halogens is 3. The van der Waals surface area contributed by atoms with Crippen LogP contribution in [0.3, 0.4) is 0 Å². The molecule has 0 bridgehead atoms. The zero-order chi connectivity index (χ0) is 24.6. The van der Waals surface area contributed by atoms with Gasteiger partial charge in [-0.1, -0.05) is 12.1 Å². The van der Waals surface area contributed by atoms with Crippen LogP contribution in [0, 0.1) is 0 Å². The van der Waals surface area contributed by atoms with E-state index >= 15 is 0 Å². The first-order valence-electron chi connectivity index (χ1n) is 10.1. The molecule has 0 heterocycles. The van der Waals surface area contributed by atoms with Crippen molar-refractivity contribution in [2.75, 3.05) is 18.5 Å². The molecular formula is C23H25F3N2O4S. The number of esters is 1. The maximum Gasteiger partial charge on any atom is 0.416 e. The van der Waals surface area contributed by atoms with Gasteiger partial charge >= 0.3 is 12.1 Å². The van der Waals surface area contributed by atoms with Gasteiger partial charge in [-0.2, -0.15) is 13.2 Å². The van der Waals surface area contributed by atoms with Gasteiger partial charge in [0.25, 0.3) is 0 Å². The lowest BCUT2D eigenvalue weighted by atomic mass is 10.1. The number of anilines is 1. The Hall–Kier alpha value is -3.01. The molecule has 10 heteroatoms. The molecule has 1 N–H and O–H groups in total. The third-order valence-corrected chi connectivity index (χ3v) is 5.53. The van der Waals surface area contributed by atoms with Crippen LogP contribution in [0.4, 0.5) is 18.9 Å². The predicted molar refractivity (Wildman–Crippen MR) is 120 cm³/mol. The van der Waals surface area contributed by atoms with Crippen molar-refractivity contribution in [1.82, 2.24) is 4.90 Å². The zero-order valence-electron chi connectivity index (χ0n) is 18.4. The topological polar surface area (TPSA) is 75.7 Å². The maximum absolute atomic E-state index is 13.1. The fourth-order valence-electron chi connectivity index (χ4n) is 2.93. The van der Waals surface area contributed by atoms with Gasteiger partial charge in [-0.15, -0.1) is 11.8 Å². The molecule has 2 amide bonds. The number of alkyl halides is 3. The number of hydrogen-bond acceptors (Lipinski definition) is 5. The van der Waals surface area contributed by atoms with Gasteiger partial charge in [0.1, 0.15) is 6.54 Å². The van der Waals surface area contributed by atoms with Crippen LogP contribution in [-0.2, 0) is 31.8 Å². The Labute approximate surface area is 194 Å². The van der Waals surface area contributed by atoms with Crippen molar-refractivity contribution in [2.24, 2.45) is 0 Å². The van der Waals surface area contributed by atoms with Crippen molar-refractivity contribution in [2.45, 2.75) is 43.6 Å². The van der Waals surface area contributed by atoms with Crippen LogP contribution in [0.25, 0.3) is 0 Å². The van der Waals surface area contributed by atoms with Gasteiger partial charge < -0.3 is 15.0 Å². The van der Waals surface area contributed by atoms with Gasteiger partial charge in [0.2, 0.25) is 11.8 Å². The van der Waals surface area contributed by atoms with Gasteiger partial charge in [-0.05, 0) is 55.8 Å². The fraction of sp³-hybridized carbons (Fsp3) is 0.348. The standard InChI is InChI=1S/C23H25F3N2O4S/c1-4-32-21(30)14-28(13-17-5-7-18(8-6-17)23(24,25)26)22(31)15(2)33-20-11-9-19(10-12-20)27-16(3)29/h5-12,15H,4,13-14H2,1-3H3,(H,27,29). The molecule has 2 aromatic carbocycles. The van der Waals surface area contributed by atoms with Crippen LogP contribution in [0.1, 0.15) is 31.9 Å². The zero-order valence-corrected chi connectivity index (χ0v) is 19.3. The summed E-state index contributed by atoms with van der Waals surface area (Å²) in [6, 6.07) is 11.4. The van der Waals surface area contributed by atoms with E-state index in [1.54, 1.807) is 38.1 Å². The first kappa shape index (κ1) is 26.2. The molecule has 2 rings (SSSR count). The minimum atomic E-state index is -4.46. The second kappa shape index (κ2) is 11.7. The Morgan fingerprint density at radius 3 is 2.18 bits per heavy atom. The number of thioether (sulfide) groups is 1. The van der Waals surface area contributed by atoms with E-state index in [0.717, 1.165) is 17.0 Å². The Kier molecular flexibility index (Phi) is 9.33. The number of carbonyl (C=O) groups excluding carboxylic acids is 3. The molecule has 0 aliphatic carbocycles. The highest BCUT2D eigenvalue weighted by Crippen LogP contribution is 2.30. The molecule has 0 fully saturated rings. The van der Waals surface area contributed by atoms with Crippen molar-refractivity contribution >= 4 is 35.2 Å². The molecule has 33 heavy (non-hydrogen) atoms. The van der Waals surface area contributed by atoms with Crippen LogP contribution in [0.5, 0.6) is 0 Å². The smallest absolute Gasteiger partial charge is 0.416 e. The average molecular weight is 483 g/mol.